The summed E-state index contributed by atoms with van der Waals surface area (Å²) in [5, 5.41) is 0. The average molecular weight is 264 g/mol. The Balaban J connectivity index is 1.97. The first-order valence-electron chi connectivity index (χ1n) is 7.32. The summed E-state index contributed by atoms with van der Waals surface area (Å²) in [6.07, 6.45) is 4.89. The van der Waals surface area contributed by atoms with Crippen molar-refractivity contribution in [1.82, 2.24) is 0 Å². The van der Waals surface area contributed by atoms with Gasteiger partial charge in [-0.3, -0.25) is 0 Å². The van der Waals surface area contributed by atoms with E-state index in [2.05, 4.69) is 18.9 Å². The molecule has 0 amide bonds. The molecule has 0 bridgehead atoms. The second kappa shape index (κ2) is 6.38. The number of nitrogens with zero attached hydrogens (tertiary/aromatic N) is 1. The van der Waals surface area contributed by atoms with E-state index in [-0.39, 0.29) is 5.82 Å². The van der Waals surface area contributed by atoms with Crippen molar-refractivity contribution in [1.29, 1.82) is 0 Å². The first kappa shape index (κ1) is 14.3. The zero-order valence-corrected chi connectivity index (χ0v) is 12.0. The van der Waals surface area contributed by atoms with Crippen molar-refractivity contribution < 1.29 is 4.39 Å². The molecule has 3 heteroatoms. The number of anilines is 1. The number of hydrogen-bond donors (Lipinski definition) is 1. The molecular weight excluding hydrogens is 239 g/mol. The van der Waals surface area contributed by atoms with Crippen LogP contribution in [0.1, 0.15) is 32.6 Å². The largest absolute Gasteiger partial charge is 0.374 e. The highest BCUT2D eigenvalue weighted by molar-refractivity contribution is 5.45. The fraction of sp³-hybridized carbons (Fsp3) is 0.625. The highest BCUT2D eigenvalue weighted by Gasteiger charge is 2.28. The molecule has 0 aromatic heterocycles. The van der Waals surface area contributed by atoms with Crippen molar-refractivity contribution in [2.75, 3.05) is 18.5 Å². The first-order chi connectivity index (χ1) is 9.10. The minimum absolute atomic E-state index is 0.183. The maximum Gasteiger partial charge on any atom is 0.123 e. The molecule has 0 saturated heterocycles. The molecule has 2 rings (SSSR count). The lowest BCUT2D eigenvalue weighted by Crippen LogP contribution is -2.42. The van der Waals surface area contributed by atoms with E-state index in [1.54, 1.807) is 0 Å². The Labute approximate surface area is 115 Å². The molecule has 0 spiro atoms. The molecule has 1 saturated carbocycles. The van der Waals surface area contributed by atoms with Gasteiger partial charge in [0.2, 0.25) is 0 Å². The minimum Gasteiger partial charge on any atom is -0.374 e. The summed E-state index contributed by atoms with van der Waals surface area (Å²) in [6.45, 7) is 3.23. The quantitative estimate of drug-likeness (QED) is 0.903. The Kier molecular flexibility index (Phi) is 4.81. The van der Waals surface area contributed by atoms with Crippen molar-refractivity contribution in [2.24, 2.45) is 17.6 Å². The molecule has 0 heterocycles. The molecule has 2 nitrogen and oxygen atoms in total. The monoisotopic (exact) mass is 264 g/mol. The molecule has 1 fully saturated rings. The molecule has 19 heavy (non-hydrogen) atoms. The van der Waals surface area contributed by atoms with Crippen molar-refractivity contribution in [3.63, 3.8) is 0 Å². The molecule has 1 aromatic rings. The van der Waals surface area contributed by atoms with Gasteiger partial charge in [-0.2, -0.15) is 0 Å². The van der Waals surface area contributed by atoms with Crippen LogP contribution in [-0.4, -0.2) is 19.6 Å². The van der Waals surface area contributed by atoms with Crippen LogP contribution in [0.5, 0.6) is 0 Å². The lowest BCUT2D eigenvalue weighted by Gasteiger charge is -2.36. The van der Waals surface area contributed by atoms with Gasteiger partial charge in [0.25, 0.3) is 0 Å². The van der Waals surface area contributed by atoms with Crippen LogP contribution in [0, 0.1) is 17.7 Å². The van der Waals surface area contributed by atoms with Gasteiger partial charge in [0, 0.05) is 25.3 Å². The number of rotatable bonds is 4. The molecule has 2 N–H and O–H groups in total. The summed E-state index contributed by atoms with van der Waals surface area (Å²) < 4.78 is 12.9. The van der Waals surface area contributed by atoms with E-state index >= 15 is 0 Å². The van der Waals surface area contributed by atoms with Gasteiger partial charge in [0.15, 0.2) is 0 Å². The first-order valence-corrected chi connectivity index (χ1v) is 7.32. The Hall–Kier alpha value is -1.09. The Morgan fingerprint density at radius 3 is 2.58 bits per heavy atom. The van der Waals surface area contributed by atoms with Gasteiger partial charge in [-0.15, -0.1) is 0 Å². The van der Waals surface area contributed by atoms with Crippen molar-refractivity contribution in [3.8, 4) is 0 Å². The second-order valence-electron chi connectivity index (χ2n) is 5.87. The van der Waals surface area contributed by atoms with E-state index in [9.17, 15) is 4.39 Å². The SMILES string of the molecule is CCC1CCC(N)C(CN(C)c2ccc(F)cc2)C1. The van der Waals surface area contributed by atoms with Gasteiger partial charge in [0.05, 0.1) is 0 Å². The standard InChI is InChI=1S/C16H25FN2/c1-3-12-4-9-16(18)13(10-12)11-19(2)15-7-5-14(17)6-8-15/h5-8,12-13,16H,3-4,9-11,18H2,1-2H3. The van der Waals surface area contributed by atoms with E-state index < -0.39 is 0 Å². The lowest BCUT2D eigenvalue weighted by atomic mass is 9.77. The molecule has 1 aromatic carbocycles. The summed E-state index contributed by atoms with van der Waals surface area (Å²) in [5.74, 6) is 1.19. The van der Waals surface area contributed by atoms with Crippen LogP contribution in [0.25, 0.3) is 0 Å². The second-order valence-corrected chi connectivity index (χ2v) is 5.87. The molecule has 3 unspecified atom stereocenters. The number of benzene rings is 1. The van der Waals surface area contributed by atoms with Gasteiger partial charge >= 0.3 is 0 Å². The van der Waals surface area contributed by atoms with Gasteiger partial charge in [0.1, 0.15) is 5.82 Å². The van der Waals surface area contributed by atoms with Crippen molar-refractivity contribution in [2.45, 2.75) is 38.6 Å². The molecular formula is C16H25FN2. The van der Waals surface area contributed by atoms with E-state index in [1.165, 1.54) is 31.4 Å². The van der Waals surface area contributed by atoms with Crippen LogP contribution in [0.4, 0.5) is 10.1 Å². The van der Waals surface area contributed by atoms with Gasteiger partial charge < -0.3 is 10.6 Å². The predicted octanol–water partition coefficient (Wildman–Crippen LogP) is 3.42. The smallest absolute Gasteiger partial charge is 0.123 e. The predicted molar refractivity (Wildman–Crippen MR) is 78.8 cm³/mol. The molecule has 3 atom stereocenters. The topological polar surface area (TPSA) is 29.3 Å². The van der Waals surface area contributed by atoms with E-state index in [1.807, 2.05) is 12.1 Å². The maximum atomic E-state index is 12.9. The normalized spacial score (nSPS) is 27.3. The van der Waals surface area contributed by atoms with E-state index in [0.29, 0.717) is 12.0 Å². The minimum atomic E-state index is -0.183. The molecule has 1 aliphatic rings. The number of halogens is 1. The zero-order valence-electron chi connectivity index (χ0n) is 12.0. The van der Waals surface area contributed by atoms with Crippen molar-refractivity contribution in [3.05, 3.63) is 30.1 Å². The van der Waals surface area contributed by atoms with Gasteiger partial charge in [-0.25, -0.2) is 4.39 Å². The Morgan fingerprint density at radius 1 is 1.26 bits per heavy atom. The van der Waals surface area contributed by atoms with Crippen LogP contribution >= 0.6 is 0 Å². The summed E-state index contributed by atoms with van der Waals surface area (Å²) in [7, 11) is 2.06. The Morgan fingerprint density at radius 2 is 1.95 bits per heavy atom. The van der Waals surface area contributed by atoms with E-state index in [0.717, 1.165) is 24.6 Å². The highest BCUT2D eigenvalue weighted by Crippen LogP contribution is 2.31. The summed E-state index contributed by atoms with van der Waals surface area (Å²) in [4.78, 5) is 2.20. The fourth-order valence-corrected chi connectivity index (χ4v) is 3.12. The molecule has 0 radical (unpaired) electrons. The van der Waals surface area contributed by atoms with Gasteiger partial charge in [-0.1, -0.05) is 13.3 Å². The third-order valence-electron chi connectivity index (χ3n) is 4.50. The lowest BCUT2D eigenvalue weighted by molar-refractivity contribution is 0.232. The third kappa shape index (κ3) is 3.69. The number of nitrogens with two attached hydrogens (primary N) is 1. The highest BCUT2D eigenvalue weighted by atomic mass is 19.1. The summed E-state index contributed by atoms with van der Waals surface area (Å²) in [5.41, 5.74) is 7.32. The van der Waals surface area contributed by atoms with E-state index in [4.69, 9.17) is 5.73 Å². The van der Waals surface area contributed by atoms with Crippen molar-refractivity contribution >= 4 is 5.69 Å². The van der Waals surface area contributed by atoms with Crippen LogP contribution in [0.3, 0.4) is 0 Å². The summed E-state index contributed by atoms with van der Waals surface area (Å²) in [6, 6.07) is 7.01. The summed E-state index contributed by atoms with van der Waals surface area (Å²) >= 11 is 0. The maximum absolute atomic E-state index is 12.9. The fourth-order valence-electron chi connectivity index (χ4n) is 3.12. The van der Waals surface area contributed by atoms with Crippen LogP contribution in [0.15, 0.2) is 24.3 Å². The number of hydrogen-bond acceptors (Lipinski definition) is 2. The molecule has 1 aliphatic carbocycles. The van der Waals surface area contributed by atoms with Crippen LogP contribution in [-0.2, 0) is 0 Å². The molecule has 0 aliphatic heterocycles. The average Bonchev–Trinajstić information content (AvgIpc) is 2.42. The molecule has 106 valence electrons. The van der Waals surface area contributed by atoms with Crippen LogP contribution in [0.2, 0.25) is 0 Å². The Bertz CT molecular complexity index is 390. The zero-order chi connectivity index (χ0) is 13.8. The third-order valence-corrected chi connectivity index (χ3v) is 4.50. The van der Waals surface area contributed by atoms with Crippen LogP contribution < -0.4 is 10.6 Å². The van der Waals surface area contributed by atoms with Gasteiger partial charge in [-0.05, 0) is 55.4 Å².